The Kier molecular flexibility index (Phi) is 1.72. The van der Waals surface area contributed by atoms with Crippen molar-refractivity contribution >= 4 is 33.9 Å². The van der Waals surface area contributed by atoms with Crippen molar-refractivity contribution < 1.29 is 4.42 Å². The summed E-state index contributed by atoms with van der Waals surface area (Å²) in [6, 6.07) is 12.7. The molecule has 0 aliphatic heterocycles. The molecule has 3 aromatic rings. The molecule has 4 rings (SSSR count). The number of hydrogen-bond donors (Lipinski definition) is 0. The van der Waals surface area contributed by atoms with Gasteiger partial charge in [0.2, 0.25) is 0 Å². The maximum atomic E-state index is 5.91. The number of rotatable bonds is 0. The first-order valence-corrected chi connectivity index (χ1v) is 6.04. The van der Waals surface area contributed by atoms with Crippen molar-refractivity contribution in [3.63, 3.8) is 0 Å². The van der Waals surface area contributed by atoms with Gasteiger partial charge in [-0.05, 0) is 35.8 Å². The van der Waals surface area contributed by atoms with Crippen LogP contribution in [-0.2, 0) is 0 Å². The third-order valence-electron chi connectivity index (χ3n) is 3.49. The quantitative estimate of drug-likeness (QED) is 0.567. The fraction of sp³-hybridized carbons (Fsp3) is 0.125. The van der Waals surface area contributed by atoms with Crippen LogP contribution in [0.25, 0.3) is 33.9 Å². The Bertz CT molecular complexity index is 837. The molecule has 0 saturated carbocycles. The van der Waals surface area contributed by atoms with Crippen molar-refractivity contribution in [3.05, 3.63) is 47.0 Å². The van der Waals surface area contributed by atoms with Gasteiger partial charge < -0.3 is 4.42 Å². The predicted octanol–water partition coefficient (Wildman–Crippen LogP) is 2.94. The van der Waals surface area contributed by atoms with E-state index in [-0.39, 0.29) is 0 Å². The Balaban J connectivity index is 2.38. The van der Waals surface area contributed by atoms with Gasteiger partial charge in [-0.1, -0.05) is 36.4 Å². The molecular weight excluding hydrogens is 208 g/mol. The molecule has 0 spiro atoms. The van der Waals surface area contributed by atoms with Gasteiger partial charge in [0.25, 0.3) is 0 Å². The summed E-state index contributed by atoms with van der Waals surface area (Å²) >= 11 is 0. The Hall–Kier alpha value is -2.02. The largest absolute Gasteiger partial charge is 0.456 e. The molecule has 1 aliphatic rings. The molecule has 1 aromatic heterocycles. The van der Waals surface area contributed by atoms with Crippen LogP contribution in [0.3, 0.4) is 0 Å². The van der Waals surface area contributed by atoms with Gasteiger partial charge in [-0.2, -0.15) is 0 Å². The topological polar surface area (TPSA) is 13.1 Å². The Labute approximate surface area is 98.7 Å². The average Bonchev–Trinajstić information content (AvgIpc) is 2.77. The lowest BCUT2D eigenvalue weighted by Gasteiger charge is -1.98. The Morgan fingerprint density at radius 1 is 0.882 bits per heavy atom. The molecule has 0 atom stereocenters. The fourth-order valence-corrected chi connectivity index (χ4v) is 2.71. The lowest BCUT2D eigenvalue weighted by molar-refractivity contribution is 0.572. The first kappa shape index (κ1) is 9.06. The minimum absolute atomic E-state index is 1.00. The summed E-state index contributed by atoms with van der Waals surface area (Å²) in [6.07, 6.45) is 6.70. The van der Waals surface area contributed by atoms with Gasteiger partial charge in [0.1, 0.15) is 11.0 Å². The van der Waals surface area contributed by atoms with Crippen LogP contribution in [0.1, 0.15) is 12.8 Å². The van der Waals surface area contributed by atoms with Gasteiger partial charge in [-0.15, -0.1) is 0 Å². The smallest absolute Gasteiger partial charge is 0.136 e. The summed E-state index contributed by atoms with van der Waals surface area (Å²) in [6.45, 7) is 0. The molecule has 0 fully saturated rings. The third-order valence-corrected chi connectivity index (χ3v) is 3.49. The summed E-state index contributed by atoms with van der Waals surface area (Å²) < 4.78 is 5.91. The van der Waals surface area contributed by atoms with Crippen molar-refractivity contribution in [2.45, 2.75) is 12.8 Å². The standard InChI is InChI=1S/C16H12O/c1-2-6-12-11(5-1)9-10-15-16(12)13-7-3-4-8-14(13)17-15/h1-2,5-10H,3-4H2. The average molecular weight is 220 g/mol. The number of benzene rings is 2. The van der Waals surface area contributed by atoms with E-state index < -0.39 is 0 Å². The van der Waals surface area contributed by atoms with Gasteiger partial charge >= 0.3 is 0 Å². The van der Waals surface area contributed by atoms with Crippen LogP contribution >= 0.6 is 0 Å². The summed E-state index contributed by atoms with van der Waals surface area (Å²) in [7, 11) is 0. The van der Waals surface area contributed by atoms with E-state index in [1.54, 1.807) is 0 Å². The van der Waals surface area contributed by atoms with Crippen LogP contribution in [0.4, 0.5) is 0 Å². The van der Waals surface area contributed by atoms with E-state index >= 15 is 0 Å². The molecule has 17 heavy (non-hydrogen) atoms. The monoisotopic (exact) mass is 220 g/mol. The van der Waals surface area contributed by atoms with E-state index in [0.717, 1.165) is 23.8 Å². The Morgan fingerprint density at radius 2 is 1.76 bits per heavy atom. The van der Waals surface area contributed by atoms with Crippen LogP contribution in [0.5, 0.6) is 0 Å². The molecule has 1 nitrogen and oxygen atoms in total. The first-order valence-electron chi connectivity index (χ1n) is 6.04. The Morgan fingerprint density at radius 3 is 2.76 bits per heavy atom. The SMILES string of the molecule is C1=c2oc3ccc4ccccc4c3c2=CCC1. The second-order valence-electron chi connectivity index (χ2n) is 4.53. The van der Waals surface area contributed by atoms with Crippen molar-refractivity contribution in [3.8, 4) is 0 Å². The zero-order chi connectivity index (χ0) is 11.2. The van der Waals surface area contributed by atoms with E-state index in [4.69, 9.17) is 4.42 Å². The zero-order valence-electron chi connectivity index (χ0n) is 9.44. The third kappa shape index (κ3) is 1.19. The number of furan rings is 1. The molecule has 1 heterocycles. The predicted molar refractivity (Wildman–Crippen MR) is 71.1 cm³/mol. The molecule has 0 N–H and O–H groups in total. The van der Waals surface area contributed by atoms with Crippen LogP contribution < -0.4 is 10.6 Å². The highest BCUT2D eigenvalue weighted by Crippen LogP contribution is 2.22. The zero-order valence-corrected chi connectivity index (χ0v) is 9.44. The lowest BCUT2D eigenvalue weighted by Crippen LogP contribution is -2.22. The van der Waals surface area contributed by atoms with Crippen molar-refractivity contribution in [1.29, 1.82) is 0 Å². The second-order valence-corrected chi connectivity index (χ2v) is 4.53. The summed E-state index contributed by atoms with van der Waals surface area (Å²) in [4.78, 5) is 0. The van der Waals surface area contributed by atoms with Gasteiger partial charge in [-0.25, -0.2) is 0 Å². The molecule has 1 heteroatoms. The summed E-state index contributed by atoms with van der Waals surface area (Å²) in [5.41, 5.74) is 2.05. The van der Waals surface area contributed by atoms with E-state index in [0.29, 0.717) is 0 Å². The van der Waals surface area contributed by atoms with Gasteiger partial charge in [0, 0.05) is 10.6 Å². The van der Waals surface area contributed by atoms with E-state index in [2.05, 4.69) is 48.6 Å². The van der Waals surface area contributed by atoms with Crippen molar-refractivity contribution in [2.75, 3.05) is 0 Å². The molecule has 0 amide bonds. The van der Waals surface area contributed by atoms with Crippen LogP contribution in [0.15, 0.2) is 40.8 Å². The highest BCUT2D eigenvalue weighted by Gasteiger charge is 2.08. The molecule has 0 unspecified atom stereocenters. The lowest BCUT2D eigenvalue weighted by atomic mass is 10.0. The van der Waals surface area contributed by atoms with E-state index in [1.165, 1.54) is 21.4 Å². The number of fused-ring (bicyclic) bond motifs is 5. The molecular formula is C16H12O. The summed E-state index contributed by atoms with van der Waals surface area (Å²) in [5.74, 6) is 0. The minimum atomic E-state index is 1.00. The fourth-order valence-electron chi connectivity index (χ4n) is 2.71. The van der Waals surface area contributed by atoms with Crippen molar-refractivity contribution in [2.24, 2.45) is 0 Å². The molecule has 0 bridgehead atoms. The number of hydrogen-bond acceptors (Lipinski definition) is 1. The maximum absolute atomic E-state index is 5.91. The van der Waals surface area contributed by atoms with Crippen LogP contribution in [-0.4, -0.2) is 0 Å². The molecule has 2 aromatic carbocycles. The molecule has 0 radical (unpaired) electrons. The van der Waals surface area contributed by atoms with E-state index in [9.17, 15) is 0 Å². The normalized spacial score (nSPS) is 14.4. The molecule has 82 valence electrons. The highest BCUT2D eigenvalue weighted by molar-refractivity contribution is 6.06. The first-order chi connectivity index (χ1) is 8.43. The second kappa shape index (κ2) is 3.24. The van der Waals surface area contributed by atoms with Gasteiger partial charge in [-0.3, -0.25) is 0 Å². The van der Waals surface area contributed by atoms with Crippen LogP contribution in [0, 0.1) is 0 Å². The van der Waals surface area contributed by atoms with Gasteiger partial charge in [0.15, 0.2) is 0 Å². The van der Waals surface area contributed by atoms with Crippen LogP contribution in [0.2, 0.25) is 0 Å². The maximum Gasteiger partial charge on any atom is 0.136 e. The van der Waals surface area contributed by atoms with Gasteiger partial charge in [0.05, 0.1) is 0 Å². The van der Waals surface area contributed by atoms with Crippen molar-refractivity contribution in [1.82, 2.24) is 0 Å². The minimum Gasteiger partial charge on any atom is -0.456 e. The summed E-state index contributed by atoms with van der Waals surface area (Å²) in [5, 5.41) is 5.13. The van der Waals surface area contributed by atoms with E-state index in [1.807, 2.05) is 0 Å². The molecule has 1 aliphatic carbocycles. The molecule has 0 saturated heterocycles. The highest BCUT2D eigenvalue weighted by atomic mass is 16.3.